The predicted molar refractivity (Wildman–Crippen MR) is 105 cm³/mol. The number of aliphatic hydroxyl groups excluding tert-OH is 1. The number of nitrogens with zero attached hydrogens (tertiary/aromatic N) is 4. The van der Waals surface area contributed by atoms with Crippen LogP contribution in [0.15, 0.2) is 36.9 Å². The molecule has 1 aliphatic rings. The molecule has 2 heterocycles. The van der Waals surface area contributed by atoms with E-state index < -0.39 is 5.82 Å². The third kappa shape index (κ3) is 4.91. The van der Waals surface area contributed by atoms with Crippen LogP contribution in [0.2, 0.25) is 0 Å². The molecule has 0 spiro atoms. The zero-order valence-electron chi connectivity index (χ0n) is 16.4. The third-order valence-electron chi connectivity index (χ3n) is 4.99. The first-order valence-electron chi connectivity index (χ1n) is 9.68. The fourth-order valence-corrected chi connectivity index (χ4v) is 3.72. The Labute approximate surface area is 165 Å². The second kappa shape index (κ2) is 9.21. The number of hydrogen-bond acceptors (Lipinski definition) is 5. The zero-order valence-corrected chi connectivity index (χ0v) is 16.4. The van der Waals surface area contributed by atoms with E-state index in [4.69, 9.17) is 0 Å². The highest BCUT2D eigenvalue weighted by molar-refractivity contribution is 5.95. The Bertz CT molecular complexity index is 800. The van der Waals surface area contributed by atoms with E-state index in [9.17, 15) is 14.3 Å². The molecule has 1 aliphatic heterocycles. The fourth-order valence-electron chi connectivity index (χ4n) is 3.72. The van der Waals surface area contributed by atoms with E-state index in [0.29, 0.717) is 42.1 Å². The van der Waals surface area contributed by atoms with Crippen molar-refractivity contribution in [1.82, 2.24) is 19.8 Å². The lowest BCUT2D eigenvalue weighted by molar-refractivity contribution is 0.0384. The van der Waals surface area contributed by atoms with Crippen molar-refractivity contribution in [3.05, 3.63) is 48.3 Å². The Morgan fingerprint density at radius 1 is 1.21 bits per heavy atom. The van der Waals surface area contributed by atoms with Gasteiger partial charge in [0.25, 0.3) is 5.91 Å². The van der Waals surface area contributed by atoms with Crippen molar-refractivity contribution in [2.24, 2.45) is 5.92 Å². The summed E-state index contributed by atoms with van der Waals surface area (Å²) in [5, 5.41) is 9.42. The molecule has 1 unspecified atom stereocenters. The average molecular weight is 386 g/mol. The maximum absolute atomic E-state index is 14.2. The highest BCUT2D eigenvalue weighted by Crippen LogP contribution is 2.23. The number of benzene rings is 1. The van der Waals surface area contributed by atoms with Crippen LogP contribution >= 0.6 is 0 Å². The monoisotopic (exact) mass is 386 g/mol. The summed E-state index contributed by atoms with van der Waals surface area (Å²) in [6.45, 7) is 7.22. The normalized spacial score (nSPS) is 17.9. The third-order valence-corrected chi connectivity index (χ3v) is 4.99. The number of amides is 1. The summed E-state index contributed by atoms with van der Waals surface area (Å²) in [4.78, 5) is 25.1. The lowest BCUT2D eigenvalue weighted by Crippen LogP contribution is -2.55. The summed E-state index contributed by atoms with van der Waals surface area (Å²) < 4.78 is 14.2. The van der Waals surface area contributed by atoms with Crippen LogP contribution in [-0.4, -0.2) is 69.6 Å². The van der Waals surface area contributed by atoms with Gasteiger partial charge in [0.1, 0.15) is 12.1 Å². The second-order valence-electron chi connectivity index (χ2n) is 7.66. The van der Waals surface area contributed by atoms with E-state index in [1.807, 2.05) is 0 Å². The molecule has 0 bridgehead atoms. The molecule has 1 saturated heterocycles. The van der Waals surface area contributed by atoms with E-state index in [0.717, 1.165) is 13.1 Å². The van der Waals surface area contributed by atoms with Gasteiger partial charge in [-0.25, -0.2) is 14.4 Å². The number of aliphatic hydroxyl groups is 1. The van der Waals surface area contributed by atoms with Crippen molar-refractivity contribution >= 4 is 5.91 Å². The van der Waals surface area contributed by atoms with Gasteiger partial charge >= 0.3 is 0 Å². The number of carbonyl (C=O) groups excluding carboxylic acids is 1. The smallest absolute Gasteiger partial charge is 0.254 e. The van der Waals surface area contributed by atoms with Gasteiger partial charge in [-0.3, -0.25) is 9.69 Å². The molecule has 6 nitrogen and oxygen atoms in total. The van der Waals surface area contributed by atoms with Crippen molar-refractivity contribution < 1.29 is 14.3 Å². The lowest BCUT2D eigenvalue weighted by atomic mass is 10.0. The van der Waals surface area contributed by atoms with Crippen LogP contribution in [0, 0.1) is 11.7 Å². The molecule has 2 aromatic rings. The largest absolute Gasteiger partial charge is 0.396 e. The number of carbonyl (C=O) groups is 1. The van der Waals surface area contributed by atoms with Crippen LogP contribution in [0.3, 0.4) is 0 Å². The van der Waals surface area contributed by atoms with Gasteiger partial charge < -0.3 is 10.0 Å². The molecule has 1 atom stereocenters. The van der Waals surface area contributed by atoms with E-state index in [2.05, 4.69) is 28.7 Å². The van der Waals surface area contributed by atoms with Gasteiger partial charge in [-0.1, -0.05) is 13.8 Å². The highest BCUT2D eigenvalue weighted by Gasteiger charge is 2.30. The van der Waals surface area contributed by atoms with Crippen LogP contribution in [0.25, 0.3) is 11.1 Å². The summed E-state index contributed by atoms with van der Waals surface area (Å²) in [7, 11) is 0. The van der Waals surface area contributed by atoms with Crippen LogP contribution in [0.4, 0.5) is 4.39 Å². The summed E-state index contributed by atoms with van der Waals surface area (Å²) in [6, 6.07) is 4.45. The SMILES string of the molecule is CC(C)CN1CCN(C(=O)c2cc(F)cc(-c3cncnc3)c2)CC1CCO. The summed E-state index contributed by atoms with van der Waals surface area (Å²) in [5.74, 6) is -0.137. The maximum atomic E-state index is 14.2. The van der Waals surface area contributed by atoms with Crippen LogP contribution in [0.1, 0.15) is 30.6 Å². The first-order chi connectivity index (χ1) is 13.5. The second-order valence-corrected chi connectivity index (χ2v) is 7.66. The van der Waals surface area contributed by atoms with Gasteiger partial charge in [0, 0.05) is 62.3 Å². The molecule has 1 fully saturated rings. The van der Waals surface area contributed by atoms with Crippen LogP contribution in [-0.2, 0) is 0 Å². The standard InChI is InChI=1S/C21H27FN4O2/c1-15(2)12-25-4-5-26(13-20(25)3-6-27)21(28)17-7-16(8-19(22)9-17)18-10-23-14-24-11-18/h7-11,14-15,20,27H,3-6,12-13H2,1-2H3. The summed E-state index contributed by atoms with van der Waals surface area (Å²) in [5.41, 5.74) is 1.56. The summed E-state index contributed by atoms with van der Waals surface area (Å²) in [6.07, 6.45) is 5.22. The number of rotatable bonds is 6. The Morgan fingerprint density at radius 2 is 1.96 bits per heavy atom. The molecule has 1 N–H and O–H groups in total. The van der Waals surface area contributed by atoms with Gasteiger partial charge in [-0.05, 0) is 36.1 Å². The molecular weight excluding hydrogens is 359 g/mol. The van der Waals surface area contributed by atoms with Gasteiger partial charge in [0.05, 0.1) is 0 Å². The molecule has 3 rings (SSSR count). The first-order valence-corrected chi connectivity index (χ1v) is 9.68. The quantitative estimate of drug-likeness (QED) is 0.826. The van der Waals surface area contributed by atoms with Crippen molar-refractivity contribution in [1.29, 1.82) is 0 Å². The first kappa shape index (κ1) is 20.4. The van der Waals surface area contributed by atoms with Gasteiger partial charge in [-0.2, -0.15) is 0 Å². The molecule has 0 saturated carbocycles. The molecule has 0 radical (unpaired) electrons. The number of piperazine rings is 1. The van der Waals surface area contributed by atoms with Crippen molar-refractivity contribution in [2.45, 2.75) is 26.3 Å². The highest BCUT2D eigenvalue weighted by atomic mass is 19.1. The Balaban J connectivity index is 1.79. The number of hydrogen-bond donors (Lipinski definition) is 1. The minimum Gasteiger partial charge on any atom is -0.396 e. The number of aromatic nitrogens is 2. The Kier molecular flexibility index (Phi) is 6.70. The molecule has 1 aromatic carbocycles. The van der Waals surface area contributed by atoms with Gasteiger partial charge in [0.15, 0.2) is 0 Å². The fraction of sp³-hybridized carbons (Fsp3) is 0.476. The maximum Gasteiger partial charge on any atom is 0.254 e. The molecule has 28 heavy (non-hydrogen) atoms. The predicted octanol–water partition coefficient (Wildman–Crippen LogP) is 2.45. The molecule has 1 amide bonds. The zero-order chi connectivity index (χ0) is 20.1. The lowest BCUT2D eigenvalue weighted by Gasteiger charge is -2.42. The number of halogens is 1. The van der Waals surface area contributed by atoms with Crippen LogP contribution < -0.4 is 0 Å². The molecular formula is C21H27FN4O2. The molecule has 1 aromatic heterocycles. The summed E-state index contributed by atoms with van der Waals surface area (Å²) >= 11 is 0. The van der Waals surface area contributed by atoms with Crippen LogP contribution in [0.5, 0.6) is 0 Å². The van der Waals surface area contributed by atoms with Crippen molar-refractivity contribution in [2.75, 3.05) is 32.8 Å². The van der Waals surface area contributed by atoms with E-state index in [1.165, 1.54) is 18.5 Å². The minimum absolute atomic E-state index is 0.0828. The van der Waals surface area contributed by atoms with Crippen molar-refractivity contribution in [3.8, 4) is 11.1 Å². The van der Waals surface area contributed by atoms with E-state index >= 15 is 0 Å². The Hall–Kier alpha value is -2.38. The van der Waals surface area contributed by atoms with Crippen molar-refractivity contribution in [3.63, 3.8) is 0 Å². The topological polar surface area (TPSA) is 69.6 Å². The minimum atomic E-state index is -0.463. The average Bonchev–Trinajstić information content (AvgIpc) is 2.69. The van der Waals surface area contributed by atoms with E-state index in [-0.39, 0.29) is 18.6 Å². The molecule has 0 aliphatic carbocycles. The molecule has 150 valence electrons. The van der Waals surface area contributed by atoms with Gasteiger partial charge in [0.2, 0.25) is 0 Å². The van der Waals surface area contributed by atoms with E-state index in [1.54, 1.807) is 23.4 Å². The van der Waals surface area contributed by atoms with Gasteiger partial charge in [-0.15, -0.1) is 0 Å². The Morgan fingerprint density at radius 3 is 2.64 bits per heavy atom. The molecule has 7 heteroatoms.